The molecule has 10 heteroatoms. The van der Waals surface area contributed by atoms with E-state index in [0.29, 0.717) is 23.8 Å². The summed E-state index contributed by atoms with van der Waals surface area (Å²) in [6, 6.07) is 12.2. The van der Waals surface area contributed by atoms with Crippen molar-refractivity contribution < 1.29 is 17.7 Å². The lowest BCUT2D eigenvalue weighted by molar-refractivity contribution is -0.159. The minimum Gasteiger partial charge on any atom is -0.366 e. The van der Waals surface area contributed by atoms with E-state index in [1.54, 1.807) is 48.9 Å². The monoisotopic (exact) mass is 398 g/mol. The maximum Gasteiger partial charge on any atom is 0.471 e. The van der Waals surface area contributed by atoms with Gasteiger partial charge in [-0.2, -0.15) is 18.2 Å². The van der Waals surface area contributed by atoms with E-state index < -0.39 is 12.1 Å². The maximum atomic E-state index is 12.6. The van der Waals surface area contributed by atoms with Crippen LogP contribution in [0.25, 0.3) is 22.8 Å². The number of pyridine rings is 1. The van der Waals surface area contributed by atoms with Crippen molar-refractivity contribution in [2.45, 2.75) is 12.7 Å². The number of benzene rings is 1. The van der Waals surface area contributed by atoms with E-state index in [1.807, 2.05) is 12.1 Å². The van der Waals surface area contributed by atoms with Gasteiger partial charge in [0.05, 0.1) is 0 Å². The molecule has 4 aromatic rings. The number of hydrogen-bond donors (Lipinski definition) is 1. The molecule has 0 radical (unpaired) electrons. The first kappa shape index (κ1) is 18.5. The third kappa shape index (κ3) is 4.37. The van der Waals surface area contributed by atoms with Gasteiger partial charge >= 0.3 is 12.1 Å². The van der Waals surface area contributed by atoms with Crippen molar-refractivity contribution in [3.8, 4) is 22.8 Å². The van der Waals surface area contributed by atoms with Crippen molar-refractivity contribution in [1.29, 1.82) is 0 Å². The van der Waals surface area contributed by atoms with Crippen molar-refractivity contribution in [3.05, 3.63) is 72.5 Å². The zero-order valence-corrected chi connectivity index (χ0v) is 14.8. The Morgan fingerprint density at radius 1 is 0.897 bits per heavy atom. The number of aromatic nitrogens is 5. The van der Waals surface area contributed by atoms with Crippen molar-refractivity contribution in [2.75, 3.05) is 5.32 Å². The number of anilines is 1. The molecular weight excluding hydrogens is 385 g/mol. The number of nitrogens with one attached hydrogen (secondary N) is 1. The van der Waals surface area contributed by atoms with Crippen LogP contribution in [0.1, 0.15) is 11.5 Å². The van der Waals surface area contributed by atoms with E-state index in [1.165, 1.54) is 0 Å². The van der Waals surface area contributed by atoms with Crippen LogP contribution in [0.4, 0.5) is 19.0 Å². The fourth-order valence-corrected chi connectivity index (χ4v) is 2.51. The standard InChI is InChI=1S/C19H13F3N6O/c20-19(21,22)18-27-17(28-29-18)13-5-3-12(4-6-13)10-25-15-7-9-24-16(26-15)14-2-1-8-23-11-14/h1-9,11H,10H2,(H,24,25,26). The topological polar surface area (TPSA) is 89.6 Å². The van der Waals surface area contributed by atoms with Gasteiger partial charge in [-0.15, -0.1) is 0 Å². The Kier molecular flexibility index (Phi) is 4.90. The van der Waals surface area contributed by atoms with Crippen molar-refractivity contribution in [2.24, 2.45) is 0 Å². The van der Waals surface area contributed by atoms with E-state index in [9.17, 15) is 13.2 Å². The molecule has 4 rings (SSSR count). The van der Waals surface area contributed by atoms with Crippen LogP contribution in [0, 0.1) is 0 Å². The van der Waals surface area contributed by atoms with E-state index in [0.717, 1.165) is 11.1 Å². The predicted octanol–water partition coefficient (Wildman–Crippen LogP) is 4.22. The molecule has 0 unspecified atom stereocenters. The number of hydrogen-bond acceptors (Lipinski definition) is 7. The molecule has 0 aliphatic carbocycles. The summed E-state index contributed by atoms with van der Waals surface area (Å²) in [7, 11) is 0. The van der Waals surface area contributed by atoms with Gasteiger partial charge in [-0.05, 0) is 23.8 Å². The fraction of sp³-hybridized carbons (Fsp3) is 0.105. The summed E-state index contributed by atoms with van der Waals surface area (Å²) < 4.78 is 41.9. The lowest BCUT2D eigenvalue weighted by Crippen LogP contribution is -2.04. The predicted molar refractivity (Wildman–Crippen MR) is 97.3 cm³/mol. The number of nitrogens with zero attached hydrogens (tertiary/aromatic N) is 5. The van der Waals surface area contributed by atoms with Crippen molar-refractivity contribution in [3.63, 3.8) is 0 Å². The molecule has 29 heavy (non-hydrogen) atoms. The molecule has 1 N–H and O–H groups in total. The zero-order valence-electron chi connectivity index (χ0n) is 14.8. The van der Waals surface area contributed by atoms with Gasteiger partial charge in [0.15, 0.2) is 5.82 Å². The molecule has 0 bridgehead atoms. The highest BCUT2D eigenvalue weighted by Gasteiger charge is 2.38. The average Bonchev–Trinajstić information content (AvgIpc) is 3.24. The van der Waals surface area contributed by atoms with Gasteiger partial charge in [0.25, 0.3) is 0 Å². The number of halogens is 3. The Hall–Kier alpha value is -3.82. The van der Waals surface area contributed by atoms with Gasteiger partial charge in [-0.1, -0.05) is 29.4 Å². The fourth-order valence-electron chi connectivity index (χ4n) is 2.51. The Morgan fingerprint density at radius 3 is 2.41 bits per heavy atom. The molecule has 0 spiro atoms. The maximum absolute atomic E-state index is 12.6. The third-order valence-corrected chi connectivity index (χ3v) is 3.93. The first-order valence-electron chi connectivity index (χ1n) is 8.46. The van der Waals surface area contributed by atoms with Gasteiger partial charge in [0.2, 0.25) is 5.82 Å². The minimum atomic E-state index is -4.67. The summed E-state index contributed by atoms with van der Waals surface area (Å²) >= 11 is 0. The summed E-state index contributed by atoms with van der Waals surface area (Å²) in [5, 5.41) is 6.56. The highest BCUT2D eigenvalue weighted by atomic mass is 19.4. The molecule has 0 saturated heterocycles. The molecule has 3 heterocycles. The Balaban J connectivity index is 1.43. The summed E-state index contributed by atoms with van der Waals surface area (Å²) in [5.74, 6) is -0.299. The van der Waals surface area contributed by atoms with Gasteiger partial charge in [-0.25, -0.2) is 9.97 Å². The van der Waals surface area contributed by atoms with E-state index in [2.05, 4.69) is 34.9 Å². The van der Waals surface area contributed by atoms with Crippen molar-refractivity contribution >= 4 is 5.82 Å². The Bertz CT molecular complexity index is 1100. The number of rotatable bonds is 5. The summed E-state index contributed by atoms with van der Waals surface area (Å²) in [4.78, 5) is 16.1. The highest BCUT2D eigenvalue weighted by molar-refractivity contribution is 5.56. The SMILES string of the molecule is FC(F)(F)c1nc(-c2ccc(CNc3ccnc(-c4cccnc4)n3)cc2)no1. The quantitative estimate of drug-likeness (QED) is 0.538. The largest absolute Gasteiger partial charge is 0.471 e. The van der Waals surface area contributed by atoms with Crippen LogP contribution in [-0.2, 0) is 12.7 Å². The van der Waals surface area contributed by atoms with Crippen LogP contribution in [0.2, 0.25) is 0 Å². The molecule has 7 nitrogen and oxygen atoms in total. The lowest BCUT2D eigenvalue weighted by atomic mass is 10.1. The second-order valence-electron chi connectivity index (χ2n) is 5.98. The Labute approximate surface area is 162 Å². The first-order chi connectivity index (χ1) is 14.0. The van der Waals surface area contributed by atoms with E-state index in [4.69, 9.17) is 0 Å². The molecule has 0 aliphatic heterocycles. The Morgan fingerprint density at radius 2 is 1.72 bits per heavy atom. The second-order valence-corrected chi connectivity index (χ2v) is 5.98. The summed E-state index contributed by atoms with van der Waals surface area (Å²) in [5.41, 5.74) is 2.13. The second kappa shape index (κ2) is 7.66. The minimum absolute atomic E-state index is 0.117. The van der Waals surface area contributed by atoms with Gasteiger partial charge in [0.1, 0.15) is 5.82 Å². The molecule has 146 valence electrons. The first-order valence-corrected chi connectivity index (χ1v) is 8.46. The molecule has 1 aromatic carbocycles. The highest BCUT2D eigenvalue weighted by Crippen LogP contribution is 2.29. The lowest BCUT2D eigenvalue weighted by Gasteiger charge is -2.07. The average molecular weight is 398 g/mol. The van der Waals surface area contributed by atoms with Crippen LogP contribution in [-0.4, -0.2) is 25.1 Å². The van der Waals surface area contributed by atoms with Crippen LogP contribution >= 0.6 is 0 Å². The molecule has 3 aromatic heterocycles. The molecule has 0 aliphatic rings. The van der Waals surface area contributed by atoms with Gasteiger partial charge < -0.3 is 9.84 Å². The van der Waals surface area contributed by atoms with E-state index in [-0.39, 0.29) is 5.82 Å². The molecular formula is C19H13F3N6O. The third-order valence-electron chi connectivity index (χ3n) is 3.93. The van der Waals surface area contributed by atoms with E-state index >= 15 is 0 Å². The summed E-state index contributed by atoms with van der Waals surface area (Å²) in [6.07, 6.45) is 0.338. The molecule has 0 atom stereocenters. The van der Waals surface area contributed by atoms with Crippen LogP contribution in [0.15, 0.2) is 65.6 Å². The van der Waals surface area contributed by atoms with Crippen LogP contribution in [0.5, 0.6) is 0 Å². The number of alkyl halides is 3. The van der Waals surface area contributed by atoms with Crippen LogP contribution in [0.3, 0.4) is 0 Å². The normalized spacial score (nSPS) is 11.4. The zero-order chi connectivity index (χ0) is 20.3. The van der Waals surface area contributed by atoms with Gasteiger partial charge in [-0.3, -0.25) is 4.98 Å². The molecule has 0 fully saturated rings. The molecule has 0 amide bonds. The van der Waals surface area contributed by atoms with Crippen molar-refractivity contribution in [1.82, 2.24) is 25.1 Å². The summed E-state index contributed by atoms with van der Waals surface area (Å²) in [6.45, 7) is 0.462. The molecule has 0 saturated carbocycles. The van der Waals surface area contributed by atoms with Crippen LogP contribution < -0.4 is 5.32 Å². The van der Waals surface area contributed by atoms with Gasteiger partial charge in [0, 0.05) is 36.3 Å². The smallest absolute Gasteiger partial charge is 0.366 e.